The monoisotopic (exact) mass is 523 g/mol. The highest BCUT2D eigenvalue weighted by molar-refractivity contribution is 5.87. The van der Waals surface area contributed by atoms with Crippen LogP contribution in [0.2, 0.25) is 0 Å². The standard InChI is InChI=1S/C32H33N3O4/c1-17(2)32(37)39-23(8)38-27-14-13-26(28(36)22(27)7)31-34-29(24-11-9-18(3)15-20(24)5)33-30(35-31)25-12-10-19(4)16-21(25)6/h9-16,23,36H,1H2,2-8H3. The molecule has 3 aromatic carbocycles. The average molecular weight is 524 g/mol. The van der Waals surface area contributed by atoms with E-state index in [9.17, 15) is 9.90 Å². The largest absolute Gasteiger partial charge is 0.507 e. The van der Waals surface area contributed by atoms with E-state index in [2.05, 4.69) is 18.7 Å². The zero-order valence-corrected chi connectivity index (χ0v) is 23.4. The topological polar surface area (TPSA) is 94.4 Å². The average Bonchev–Trinajstić information content (AvgIpc) is 2.86. The Kier molecular flexibility index (Phi) is 7.81. The van der Waals surface area contributed by atoms with E-state index in [4.69, 9.17) is 24.4 Å². The maximum Gasteiger partial charge on any atom is 0.336 e. The fraction of sp³-hybridized carbons (Fsp3) is 0.250. The molecule has 1 atom stereocenters. The van der Waals surface area contributed by atoms with Crippen LogP contribution in [0.1, 0.15) is 41.7 Å². The van der Waals surface area contributed by atoms with Gasteiger partial charge in [-0.1, -0.05) is 54.1 Å². The van der Waals surface area contributed by atoms with Crippen molar-refractivity contribution in [1.82, 2.24) is 15.0 Å². The van der Waals surface area contributed by atoms with E-state index in [0.29, 0.717) is 34.3 Å². The number of benzene rings is 3. The molecule has 0 spiro atoms. The number of phenolic OH excluding ortho intramolecular Hbond substituents is 1. The maximum atomic E-state index is 11.8. The number of esters is 1. The summed E-state index contributed by atoms with van der Waals surface area (Å²) in [5, 5.41) is 11.2. The summed E-state index contributed by atoms with van der Waals surface area (Å²) in [6.07, 6.45) is -0.873. The lowest BCUT2D eigenvalue weighted by Crippen LogP contribution is -2.21. The van der Waals surface area contributed by atoms with Crippen molar-refractivity contribution in [3.63, 3.8) is 0 Å². The lowest BCUT2D eigenvalue weighted by atomic mass is 10.0. The van der Waals surface area contributed by atoms with Crippen molar-refractivity contribution in [3.05, 3.63) is 88.5 Å². The summed E-state index contributed by atoms with van der Waals surface area (Å²) < 4.78 is 11.0. The molecule has 0 saturated heterocycles. The Bertz CT molecular complexity index is 1520. The Morgan fingerprint density at radius 1 is 0.795 bits per heavy atom. The van der Waals surface area contributed by atoms with E-state index in [1.165, 1.54) is 0 Å². The summed E-state index contributed by atoms with van der Waals surface area (Å²) in [4.78, 5) is 26.3. The zero-order chi connectivity index (χ0) is 28.4. The first-order chi connectivity index (χ1) is 18.4. The molecule has 0 saturated carbocycles. The van der Waals surface area contributed by atoms with E-state index in [1.807, 2.05) is 52.0 Å². The highest BCUT2D eigenvalue weighted by Gasteiger charge is 2.20. The minimum Gasteiger partial charge on any atom is -0.507 e. The molecule has 4 rings (SSSR count). The molecule has 0 fully saturated rings. The van der Waals surface area contributed by atoms with Gasteiger partial charge in [0.2, 0.25) is 6.29 Å². The van der Waals surface area contributed by atoms with Crippen LogP contribution in [-0.4, -0.2) is 32.3 Å². The quantitative estimate of drug-likeness (QED) is 0.159. The van der Waals surface area contributed by atoms with Crippen molar-refractivity contribution in [3.8, 4) is 45.7 Å². The van der Waals surface area contributed by atoms with Gasteiger partial charge in [0, 0.05) is 29.2 Å². The second-order valence-corrected chi connectivity index (χ2v) is 9.90. The summed E-state index contributed by atoms with van der Waals surface area (Å²) in [5.41, 5.74) is 7.33. The second kappa shape index (κ2) is 11.1. The first kappa shape index (κ1) is 27.5. The van der Waals surface area contributed by atoms with Crippen molar-refractivity contribution < 1.29 is 19.4 Å². The maximum absolute atomic E-state index is 11.8. The van der Waals surface area contributed by atoms with E-state index >= 15 is 0 Å². The second-order valence-electron chi connectivity index (χ2n) is 9.90. The van der Waals surface area contributed by atoms with Crippen molar-refractivity contribution >= 4 is 5.97 Å². The summed E-state index contributed by atoms with van der Waals surface area (Å²) in [5.74, 6) is 1.16. The molecule has 1 unspecified atom stereocenters. The van der Waals surface area contributed by atoms with Crippen LogP contribution in [-0.2, 0) is 9.53 Å². The molecule has 0 amide bonds. The number of hydrogen-bond acceptors (Lipinski definition) is 7. The third kappa shape index (κ3) is 5.98. The number of carbonyl (C=O) groups is 1. The van der Waals surface area contributed by atoms with Crippen molar-refractivity contribution in [2.75, 3.05) is 0 Å². The van der Waals surface area contributed by atoms with Crippen LogP contribution in [0.4, 0.5) is 0 Å². The minimum absolute atomic E-state index is 0.0321. The number of carbonyl (C=O) groups excluding carboxylic acids is 1. The van der Waals surface area contributed by atoms with E-state index in [0.717, 1.165) is 33.4 Å². The molecule has 0 aliphatic rings. The highest BCUT2D eigenvalue weighted by Crippen LogP contribution is 2.37. The molecule has 1 heterocycles. The van der Waals surface area contributed by atoms with E-state index in [-0.39, 0.29) is 11.3 Å². The minimum atomic E-state index is -0.873. The smallest absolute Gasteiger partial charge is 0.336 e. The van der Waals surface area contributed by atoms with Crippen molar-refractivity contribution in [1.29, 1.82) is 0 Å². The molecule has 0 bridgehead atoms. The summed E-state index contributed by atoms with van der Waals surface area (Å²) >= 11 is 0. The number of ether oxygens (including phenoxy) is 2. The lowest BCUT2D eigenvalue weighted by Gasteiger charge is -2.18. The Morgan fingerprint density at radius 3 is 1.72 bits per heavy atom. The molecule has 7 nitrogen and oxygen atoms in total. The van der Waals surface area contributed by atoms with Gasteiger partial charge in [0.15, 0.2) is 17.5 Å². The predicted molar refractivity (Wildman–Crippen MR) is 152 cm³/mol. The Hall–Kier alpha value is -4.52. The fourth-order valence-electron chi connectivity index (χ4n) is 4.31. The van der Waals surface area contributed by atoms with Crippen LogP contribution in [0.25, 0.3) is 34.2 Å². The Balaban J connectivity index is 1.82. The molecule has 39 heavy (non-hydrogen) atoms. The van der Waals surface area contributed by atoms with Crippen LogP contribution in [0, 0.1) is 34.6 Å². The van der Waals surface area contributed by atoms with E-state index in [1.54, 1.807) is 32.9 Å². The van der Waals surface area contributed by atoms with Crippen molar-refractivity contribution in [2.24, 2.45) is 0 Å². The van der Waals surface area contributed by atoms with Gasteiger partial charge in [0.05, 0.1) is 5.56 Å². The number of aromatic nitrogens is 3. The van der Waals surface area contributed by atoms with Gasteiger partial charge in [-0.05, 0) is 64.8 Å². The number of phenols is 1. The van der Waals surface area contributed by atoms with E-state index < -0.39 is 12.3 Å². The van der Waals surface area contributed by atoms with Crippen LogP contribution < -0.4 is 4.74 Å². The number of aromatic hydroxyl groups is 1. The predicted octanol–water partition coefficient (Wildman–Crippen LogP) is 6.96. The van der Waals surface area contributed by atoms with Gasteiger partial charge >= 0.3 is 5.97 Å². The lowest BCUT2D eigenvalue weighted by molar-refractivity contribution is -0.156. The molecule has 0 radical (unpaired) electrons. The van der Waals surface area contributed by atoms with Gasteiger partial charge in [-0.2, -0.15) is 0 Å². The molecule has 1 aromatic heterocycles. The van der Waals surface area contributed by atoms with Gasteiger partial charge < -0.3 is 14.6 Å². The summed E-state index contributed by atoms with van der Waals surface area (Å²) in [6.45, 7) is 16.6. The summed E-state index contributed by atoms with van der Waals surface area (Å²) in [6, 6.07) is 15.6. The number of hydrogen-bond donors (Lipinski definition) is 1. The molecule has 0 aliphatic heterocycles. The third-order valence-electron chi connectivity index (χ3n) is 6.42. The molecule has 200 valence electrons. The van der Waals surface area contributed by atoms with Gasteiger partial charge in [0.25, 0.3) is 0 Å². The van der Waals surface area contributed by atoms with Gasteiger partial charge in [0.1, 0.15) is 11.5 Å². The summed E-state index contributed by atoms with van der Waals surface area (Å²) in [7, 11) is 0. The number of nitrogens with zero attached hydrogens (tertiary/aromatic N) is 3. The molecule has 4 aromatic rings. The molecule has 7 heteroatoms. The molecular formula is C32H33N3O4. The highest BCUT2D eigenvalue weighted by atomic mass is 16.7. The number of aryl methyl sites for hydroxylation is 4. The van der Waals surface area contributed by atoms with Gasteiger partial charge in [-0.25, -0.2) is 19.7 Å². The van der Waals surface area contributed by atoms with Gasteiger partial charge in [-0.15, -0.1) is 0 Å². The Morgan fingerprint density at radius 2 is 1.26 bits per heavy atom. The van der Waals surface area contributed by atoms with Crippen LogP contribution in [0.3, 0.4) is 0 Å². The van der Waals surface area contributed by atoms with Crippen LogP contribution >= 0.6 is 0 Å². The fourth-order valence-corrected chi connectivity index (χ4v) is 4.31. The number of rotatable bonds is 7. The van der Waals surface area contributed by atoms with Crippen LogP contribution in [0.5, 0.6) is 11.5 Å². The van der Waals surface area contributed by atoms with Crippen molar-refractivity contribution in [2.45, 2.75) is 54.8 Å². The first-order valence-electron chi connectivity index (χ1n) is 12.7. The molecule has 0 aliphatic carbocycles. The van der Waals surface area contributed by atoms with Gasteiger partial charge in [-0.3, -0.25) is 0 Å². The Labute approximate surface area is 229 Å². The van der Waals surface area contributed by atoms with Crippen LogP contribution in [0.15, 0.2) is 60.7 Å². The first-order valence-corrected chi connectivity index (χ1v) is 12.7. The molecular weight excluding hydrogens is 490 g/mol. The zero-order valence-electron chi connectivity index (χ0n) is 23.4. The third-order valence-corrected chi connectivity index (χ3v) is 6.42. The molecule has 1 N–H and O–H groups in total. The normalized spacial score (nSPS) is 11.7. The SMILES string of the molecule is C=C(C)C(=O)OC(C)Oc1ccc(-c2nc(-c3ccc(C)cc3C)nc(-c3ccc(C)cc3C)n2)c(O)c1C.